The van der Waals surface area contributed by atoms with Crippen molar-refractivity contribution in [2.24, 2.45) is 0 Å². The first-order chi connectivity index (χ1) is 15.3. The topological polar surface area (TPSA) is 70.2 Å². The number of nitrogens with one attached hydrogen (secondary N) is 2. The highest BCUT2D eigenvalue weighted by Crippen LogP contribution is 2.30. The van der Waals surface area contributed by atoms with E-state index in [9.17, 15) is 4.79 Å². The Morgan fingerprint density at radius 1 is 0.806 bits per heavy atom. The van der Waals surface area contributed by atoms with Gasteiger partial charge in [-0.25, -0.2) is 9.78 Å². The molecular weight excluding hydrogens is 386 g/mol. The number of piperidine rings is 1. The van der Waals surface area contributed by atoms with Crippen LogP contribution in [0.3, 0.4) is 0 Å². The van der Waals surface area contributed by atoms with Crippen molar-refractivity contribution in [2.45, 2.75) is 38.5 Å². The minimum Gasteiger partial charge on any atom is -0.355 e. The molecule has 0 atom stereocenters. The Morgan fingerprint density at radius 3 is 2.45 bits per heavy atom. The third-order valence-corrected chi connectivity index (χ3v) is 6.08. The smallest absolute Gasteiger partial charge is 0.323 e. The molecule has 6 nitrogen and oxygen atoms in total. The van der Waals surface area contributed by atoms with Crippen molar-refractivity contribution in [3.63, 3.8) is 0 Å². The summed E-state index contributed by atoms with van der Waals surface area (Å²) in [4.78, 5) is 24.1. The average molecular weight is 414 g/mol. The predicted octanol–water partition coefficient (Wildman–Crippen LogP) is 5.27. The van der Waals surface area contributed by atoms with Crippen LogP contribution in [-0.2, 0) is 12.8 Å². The van der Waals surface area contributed by atoms with Crippen molar-refractivity contribution < 1.29 is 4.79 Å². The molecule has 0 radical (unpaired) electrons. The molecule has 2 heterocycles. The van der Waals surface area contributed by atoms with Gasteiger partial charge in [0.2, 0.25) is 0 Å². The number of nitrogens with zero attached hydrogens (tertiary/aromatic N) is 3. The lowest BCUT2D eigenvalue weighted by molar-refractivity contribution is 0.262. The first-order valence-electron chi connectivity index (χ1n) is 11.1. The summed E-state index contributed by atoms with van der Waals surface area (Å²) in [6.45, 7) is 2.01. The summed E-state index contributed by atoms with van der Waals surface area (Å²) in [5, 5.41) is 5.91. The molecule has 1 fully saturated rings. The first-order valence-corrected chi connectivity index (χ1v) is 11.1. The fourth-order valence-corrected chi connectivity index (χ4v) is 4.56. The van der Waals surface area contributed by atoms with Gasteiger partial charge in [0, 0.05) is 42.4 Å². The molecule has 2 amide bonds. The molecule has 2 aliphatic rings. The zero-order valence-electron chi connectivity index (χ0n) is 17.6. The van der Waals surface area contributed by atoms with E-state index in [1.165, 1.54) is 36.8 Å². The number of fused-ring (bicyclic) bond motifs is 1. The summed E-state index contributed by atoms with van der Waals surface area (Å²) in [5.74, 6) is 0.918. The predicted molar refractivity (Wildman–Crippen MR) is 125 cm³/mol. The molecule has 1 aliphatic carbocycles. The van der Waals surface area contributed by atoms with Gasteiger partial charge in [0.05, 0.1) is 0 Å². The van der Waals surface area contributed by atoms with E-state index in [4.69, 9.17) is 0 Å². The molecule has 1 saturated heterocycles. The number of rotatable bonds is 4. The van der Waals surface area contributed by atoms with Crippen LogP contribution in [0.1, 0.15) is 36.8 Å². The lowest BCUT2D eigenvalue weighted by Crippen LogP contribution is -2.30. The van der Waals surface area contributed by atoms with Crippen LogP contribution in [0.25, 0.3) is 11.3 Å². The zero-order chi connectivity index (χ0) is 21.0. The Bertz CT molecular complexity index is 1090. The van der Waals surface area contributed by atoms with Gasteiger partial charge in [0.15, 0.2) is 5.82 Å². The van der Waals surface area contributed by atoms with E-state index in [2.05, 4.69) is 37.6 Å². The largest absolute Gasteiger partial charge is 0.355 e. The molecule has 6 heteroatoms. The van der Waals surface area contributed by atoms with Crippen LogP contribution < -0.4 is 15.5 Å². The number of aromatic nitrogens is 2. The lowest BCUT2D eigenvalue weighted by Gasteiger charge is -2.28. The number of anilines is 3. The maximum atomic E-state index is 12.6. The van der Waals surface area contributed by atoms with Crippen molar-refractivity contribution in [2.75, 3.05) is 28.6 Å². The standard InChI is InChI=1S/C25H27N5O/c31-25(29-22-11-10-18-6-4-7-19(18)16-22)28-21-9-5-8-20(17-21)23-24(27-13-12-26-23)30-14-2-1-3-15-30/h5,8-13,16-17H,1-4,6-7,14-15H2,(H2,28,29,31). The summed E-state index contributed by atoms with van der Waals surface area (Å²) >= 11 is 0. The van der Waals surface area contributed by atoms with Gasteiger partial charge in [-0.1, -0.05) is 18.2 Å². The van der Waals surface area contributed by atoms with E-state index in [1.54, 1.807) is 12.4 Å². The normalized spacial score (nSPS) is 15.4. The van der Waals surface area contributed by atoms with Crippen LogP contribution in [0.15, 0.2) is 54.9 Å². The highest BCUT2D eigenvalue weighted by atomic mass is 16.2. The molecule has 2 aromatic carbocycles. The number of aryl methyl sites for hydroxylation is 2. The molecular formula is C25H27N5O. The fraction of sp³-hybridized carbons (Fsp3) is 0.320. The van der Waals surface area contributed by atoms with Crippen LogP contribution in [0.5, 0.6) is 0 Å². The maximum absolute atomic E-state index is 12.6. The summed E-state index contributed by atoms with van der Waals surface area (Å²) in [6, 6.07) is 13.7. The molecule has 2 N–H and O–H groups in total. The molecule has 0 bridgehead atoms. The number of carbonyl (C=O) groups excluding carboxylic acids is 1. The van der Waals surface area contributed by atoms with Crippen molar-refractivity contribution in [3.05, 3.63) is 66.0 Å². The van der Waals surface area contributed by atoms with E-state index in [0.717, 1.165) is 54.4 Å². The number of carbonyl (C=O) groups is 1. The Kier molecular flexibility index (Phi) is 5.52. The molecule has 0 spiro atoms. The van der Waals surface area contributed by atoms with Crippen molar-refractivity contribution in [3.8, 4) is 11.3 Å². The van der Waals surface area contributed by atoms with Gasteiger partial charge in [-0.3, -0.25) is 4.98 Å². The van der Waals surface area contributed by atoms with E-state index >= 15 is 0 Å². The molecule has 158 valence electrons. The second-order valence-corrected chi connectivity index (χ2v) is 8.27. The third-order valence-electron chi connectivity index (χ3n) is 6.08. The Morgan fingerprint density at radius 2 is 1.58 bits per heavy atom. The highest BCUT2D eigenvalue weighted by molar-refractivity contribution is 6.00. The van der Waals surface area contributed by atoms with Gasteiger partial charge in [-0.15, -0.1) is 0 Å². The van der Waals surface area contributed by atoms with E-state index < -0.39 is 0 Å². The van der Waals surface area contributed by atoms with Gasteiger partial charge in [-0.2, -0.15) is 0 Å². The second kappa shape index (κ2) is 8.76. The summed E-state index contributed by atoms with van der Waals surface area (Å²) < 4.78 is 0. The summed E-state index contributed by atoms with van der Waals surface area (Å²) in [6.07, 6.45) is 10.5. The summed E-state index contributed by atoms with van der Waals surface area (Å²) in [7, 11) is 0. The molecule has 1 aromatic heterocycles. The molecule has 31 heavy (non-hydrogen) atoms. The van der Waals surface area contributed by atoms with Crippen LogP contribution in [0.2, 0.25) is 0 Å². The van der Waals surface area contributed by atoms with E-state index in [0.29, 0.717) is 0 Å². The zero-order valence-corrected chi connectivity index (χ0v) is 17.6. The lowest BCUT2D eigenvalue weighted by atomic mass is 10.1. The monoisotopic (exact) mass is 413 g/mol. The Balaban J connectivity index is 1.32. The van der Waals surface area contributed by atoms with Crippen LogP contribution in [0, 0.1) is 0 Å². The van der Waals surface area contributed by atoms with Gasteiger partial charge >= 0.3 is 6.03 Å². The van der Waals surface area contributed by atoms with Crippen LogP contribution in [-0.4, -0.2) is 29.1 Å². The Labute approximate surface area is 182 Å². The summed E-state index contributed by atoms with van der Waals surface area (Å²) in [5.41, 5.74) is 6.10. The van der Waals surface area contributed by atoms with Crippen molar-refractivity contribution in [1.82, 2.24) is 9.97 Å². The molecule has 0 unspecified atom stereocenters. The number of urea groups is 1. The van der Waals surface area contributed by atoms with Gasteiger partial charge < -0.3 is 15.5 Å². The van der Waals surface area contributed by atoms with E-state index in [1.807, 2.05) is 30.3 Å². The average Bonchev–Trinajstić information content (AvgIpc) is 3.28. The van der Waals surface area contributed by atoms with Gasteiger partial charge in [0.1, 0.15) is 5.69 Å². The molecule has 3 aromatic rings. The molecule has 5 rings (SSSR count). The quantitative estimate of drug-likeness (QED) is 0.612. The fourth-order valence-electron chi connectivity index (χ4n) is 4.56. The minimum absolute atomic E-state index is 0.245. The van der Waals surface area contributed by atoms with Crippen molar-refractivity contribution in [1.29, 1.82) is 0 Å². The minimum atomic E-state index is -0.245. The number of hydrogen-bond acceptors (Lipinski definition) is 4. The molecule has 0 saturated carbocycles. The van der Waals surface area contributed by atoms with Crippen LogP contribution in [0.4, 0.5) is 22.0 Å². The van der Waals surface area contributed by atoms with Gasteiger partial charge in [-0.05, 0) is 73.9 Å². The second-order valence-electron chi connectivity index (χ2n) is 8.27. The maximum Gasteiger partial charge on any atom is 0.323 e. The third kappa shape index (κ3) is 4.38. The van der Waals surface area contributed by atoms with E-state index in [-0.39, 0.29) is 6.03 Å². The first kappa shape index (κ1) is 19.5. The van der Waals surface area contributed by atoms with Crippen molar-refractivity contribution >= 4 is 23.2 Å². The number of amides is 2. The van der Waals surface area contributed by atoms with Gasteiger partial charge in [0.25, 0.3) is 0 Å². The SMILES string of the molecule is O=C(Nc1cccc(-c2nccnc2N2CCCCC2)c1)Nc1ccc2c(c1)CCC2. The number of hydrogen-bond donors (Lipinski definition) is 2. The Hall–Kier alpha value is -3.41. The number of benzene rings is 2. The molecule has 1 aliphatic heterocycles. The van der Waals surface area contributed by atoms with Crippen LogP contribution >= 0.6 is 0 Å². The highest BCUT2D eigenvalue weighted by Gasteiger charge is 2.18.